The monoisotopic (exact) mass is 506 g/mol. The fraction of sp³-hybridized carbons (Fsp3) is 0.323. The molecule has 0 spiro atoms. The van der Waals surface area contributed by atoms with Crippen molar-refractivity contribution >= 4 is 17.2 Å². The molecule has 5 rings (SSSR count). The number of nitrogens with one attached hydrogen (secondary N) is 1. The van der Waals surface area contributed by atoms with Crippen LogP contribution in [0.15, 0.2) is 61.2 Å². The number of rotatable bonds is 5. The fourth-order valence-electron chi connectivity index (χ4n) is 4.80. The number of carbonyl (C=O) groups is 1. The Hall–Kier alpha value is -3.99. The highest BCUT2D eigenvalue weighted by Gasteiger charge is 2.19. The molecule has 3 heterocycles. The molecule has 0 radical (unpaired) electrons. The van der Waals surface area contributed by atoms with E-state index in [-0.39, 0.29) is 5.91 Å². The van der Waals surface area contributed by atoms with Crippen molar-refractivity contribution in [1.29, 1.82) is 0 Å². The summed E-state index contributed by atoms with van der Waals surface area (Å²) in [6.07, 6.45) is 6.97. The number of aryl methyl sites for hydroxylation is 2. The number of hydrogen-bond donors (Lipinski definition) is 1. The molecule has 0 atom stereocenters. The van der Waals surface area contributed by atoms with Crippen LogP contribution in [0.3, 0.4) is 0 Å². The molecule has 0 unspecified atom stereocenters. The van der Waals surface area contributed by atoms with Crippen molar-refractivity contribution in [1.82, 2.24) is 24.2 Å². The highest BCUT2D eigenvalue weighted by atomic mass is 16.1. The summed E-state index contributed by atoms with van der Waals surface area (Å²) in [7, 11) is 0. The van der Waals surface area contributed by atoms with Crippen LogP contribution in [-0.2, 0) is 6.54 Å². The zero-order chi connectivity index (χ0) is 26.6. The lowest BCUT2D eigenvalue weighted by Crippen LogP contribution is -2.48. The molecule has 0 aliphatic carbocycles. The molecule has 7 nitrogen and oxygen atoms in total. The average molecular weight is 507 g/mol. The van der Waals surface area contributed by atoms with Crippen molar-refractivity contribution in [3.05, 3.63) is 94.7 Å². The smallest absolute Gasteiger partial charge is 0.255 e. The summed E-state index contributed by atoms with van der Waals surface area (Å²) in [6, 6.07) is 12.4. The van der Waals surface area contributed by atoms with Gasteiger partial charge in [0.15, 0.2) is 5.65 Å². The van der Waals surface area contributed by atoms with Crippen LogP contribution in [0.4, 0.5) is 5.69 Å². The van der Waals surface area contributed by atoms with Crippen LogP contribution in [-0.4, -0.2) is 62.3 Å². The van der Waals surface area contributed by atoms with Gasteiger partial charge in [-0.2, -0.15) is 0 Å². The van der Waals surface area contributed by atoms with Crippen LogP contribution in [0.5, 0.6) is 0 Å². The largest absolute Gasteiger partial charge is 0.322 e. The number of piperazine rings is 1. The summed E-state index contributed by atoms with van der Waals surface area (Å²) in [5, 5.41) is 3.06. The maximum atomic E-state index is 13.1. The van der Waals surface area contributed by atoms with Gasteiger partial charge in [-0.1, -0.05) is 18.1 Å². The number of hydrogen-bond acceptors (Lipinski definition) is 5. The van der Waals surface area contributed by atoms with Gasteiger partial charge in [-0.05, 0) is 74.6 Å². The van der Waals surface area contributed by atoms with Gasteiger partial charge in [-0.3, -0.25) is 24.0 Å². The molecular weight excluding hydrogens is 472 g/mol. The van der Waals surface area contributed by atoms with E-state index in [4.69, 9.17) is 0 Å². The highest BCUT2D eigenvalue weighted by molar-refractivity contribution is 6.04. The quantitative estimate of drug-likeness (QED) is 0.403. The molecular formula is C31H34N6O. The van der Waals surface area contributed by atoms with Crippen molar-refractivity contribution < 1.29 is 4.79 Å². The van der Waals surface area contributed by atoms with Gasteiger partial charge in [0.25, 0.3) is 5.91 Å². The minimum Gasteiger partial charge on any atom is -0.322 e. The fourth-order valence-corrected chi connectivity index (χ4v) is 4.80. The summed E-state index contributed by atoms with van der Waals surface area (Å²) in [5.74, 6) is 6.24. The van der Waals surface area contributed by atoms with Crippen LogP contribution in [0, 0.1) is 25.7 Å². The third kappa shape index (κ3) is 5.77. The number of anilines is 1. The molecule has 7 heteroatoms. The first-order valence-corrected chi connectivity index (χ1v) is 13.1. The standard InChI is InChI=1S/C31H34N6O/c1-22(2)36-15-13-35(14-16-36)21-27-7-9-28(17-24(27)4)34-31(38)26-6-5-23(3)25(18-26)8-10-29-19-33-30-20-32-11-12-37(29)30/h5-7,9,11-12,17-20,22H,13-16,21H2,1-4H3,(H,34,38). The third-order valence-electron chi connectivity index (χ3n) is 7.27. The lowest BCUT2D eigenvalue weighted by molar-refractivity contribution is 0.102. The highest BCUT2D eigenvalue weighted by Crippen LogP contribution is 2.20. The van der Waals surface area contributed by atoms with Crippen molar-refractivity contribution in [2.45, 2.75) is 40.3 Å². The maximum Gasteiger partial charge on any atom is 0.255 e. The first-order chi connectivity index (χ1) is 18.4. The van der Waals surface area contributed by atoms with Crippen LogP contribution in [0.1, 0.15) is 52.2 Å². The molecule has 0 saturated carbocycles. The van der Waals surface area contributed by atoms with Gasteiger partial charge in [0.1, 0.15) is 5.69 Å². The van der Waals surface area contributed by atoms with E-state index in [1.165, 1.54) is 11.1 Å². The van der Waals surface area contributed by atoms with E-state index < -0.39 is 0 Å². The number of nitrogens with zero attached hydrogens (tertiary/aromatic N) is 5. The summed E-state index contributed by atoms with van der Waals surface area (Å²) in [6.45, 7) is 14.0. The van der Waals surface area contributed by atoms with Gasteiger partial charge in [0.2, 0.25) is 0 Å². The average Bonchev–Trinajstić information content (AvgIpc) is 3.33. The van der Waals surface area contributed by atoms with Crippen LogP contribution >= 0.6 is 0 Å². The Balaban J connectivity index is 1.25. The van der Waals surface area contributed by atoms with E-state index in [1.807, 2.05) is 41.8 Å². The molecule has 1 aliphatic rings. The van der Waals surface area contributed by atoms with E-state index in [2.05, 4.69) is 69.8 Å². The van der Waals surface area contributed by atoms with E-state index in [0.717, 1.165) is 60.9 Å². The van der Waals surface area contributed by atoms with Gasteiger partial charge in [-0.25, -0.2) is 4.98 Å². The first kappa shape index (κ1) is 25.7. The lowest BCUT2D eigenvalue weighted by Gasteiger charge is -2.37. The van der Waals surface area contributed by atoms with Crippen LogP contribution in [0.2, 0.25) is 0 Å². The maximum absolute atomic E-state index is 13.1. The molecule has 1 saturated heterocycles. The molecule has 1 fully saturated rings. The summed E-state index contributed by atoms with van der Waals surface area (Å²) < 4.78 is 1.89. The minimum atomic E-state index is -0.147. The number of imidazole rings is 1. The van der Waals surface area contributed by atoms with Crippen molar-refractivity contribution in [3.63, 3.8) is 0 Å². The molecule has 1 amide bonds. The Morgan fingerprint density at radius 3 is 2.58 bits per heavy atom. The van der Waals surface area contributed by atoms with Crippen molar-refractivity contribution in [2.75, 3.05) is 31.5 Å². The third-order valence-corrected chi connectivity index (χ3v) is 7.27. The summed E-state index contributed by atoms with van der Waals surface area (Å²) in [5.41, 5.74) is 7.21. The van der Waals surface area contributed by atoms with E-state index in [1.54, 1.807) is 18.6 Å². The predicted molar refractivity (Wildman–Crippen MR) is 151 cm³/mol. The van der Waals surface area contributed by atoms with E-state index in [0.29, 0.717) is 11.6 Å². The van der Waals surface area contributed by atoms with Gasteiger partial charge in [-0.15, -0.1) is 0 Å². The normalized spacial score (nSPS) is 14.4. The molecule has 4 aromatic rings. The Kier molecular flexibility index (Phi) is 7.54. The number of benzene rings is 2. The molecule has 194 valence electrons. The molecule has 1 N–H and O–H groups in total. The minimum absolute atomic E-state index is 0.147. The molecule has 2 aromatic carbocycles. The van der Waals surface area contributed by atoms with Crippen LogP contribution in [0.25, 0.3) is 5.65 Å². The molecule has 1 aliphatic heterocycles. The first-order valence-electron chi connectivity index (χ1n) is 13.1. The zero-order valence-electron chi connectivity index (χ0n) is 22.5. The molecule has 38 heavy (non-hydrogen) atoms. The number of carbonyl (C=O) groups excluding carboxylic acids is 1. The van der Waals surface area contributed by atoms with Gasteiger partial charge in [0, 0.05) is 68.0 Å². The predicted octanol–water partition coefficient (Wildman–Crippen LogP) is 4.52. The molecule has 2 aromatic heterocycles. The van der Waals surface area contributed by atoms with E-state index >= 15 is 0 Å². The number of fused-ring (bicyclic) bond motifs is 1. The lowest BCUT2D eigenvalue weighted by atomic mass is 10.0. The van der Waals surface area contributed by atoms with Crippen LogP contribution < -0.4 is 5.32 Å². The Bertz CT molecular complexity index is 1520. The summed E-state index contributed by atoms with van der Waals surface area (Å²) in [4.78, 5) is 26.6. The van der Waals surface area contributed by atoms with Crippen molar-refractivity contribution in [2.24, 2.45) is 0 Å². The van der Waals surface area contributed by atoms with Gasteiger partial charge >= 0.3 is 0 Å². The SMILES string of the molecule is Cc1ccc(C(=O)Nc2ccc(CN3CCN(C(C)C)CC3)c(C)c2)cc1C#Cc1cnc2cnccn12. The zero-order valence-corrected chi connectivity index (χ0v) is 22.5. The topological polar surface area (TPSA) is 65.8 Å². The van der Waals surface area contributed by atoms with Gasteiger partial charge in [0.05, 0.1) is 12.4 Å². The second-order valence-electron chi connectivity index (χ2n) is 10.2. The number of aromatic nitrogens is 3. The van der Waals surface area contributed by atoms with Crippen molar-refractivity contribution in [3.8, 4) is 11.8 Å². The Morgan fingerprint density at radius 1 is 1.00 bits per heavy atom. The number of amides is 1. The summed E-state index contributed by atoms with van der Waals surface area (Å²) >= 11 is 0. The second-order valence-corrected chi connectivity index (χ2v) is 10.2. The molecule has 0 bridgehead atoms. The Labute approximate surface area is 224 Å². The Morgan fingerprint density at radius 2 is 1.82 bits per heavy atom. The second kappa shape index (κ2) is 11.2. The van der Waals surface area contributed by atoms with E-state index in [9.17, 15) is 4.79 Å². The van der Waals surface area contributed by atoms with Gasteiger partial charge < -0.3 is 5.32 Å².